The third-order valence-corrected chi connectivity index (χ3v) is 8.74. The van der Waals surface area contributed by atoms with Gasteiger partial charge in [0.15, 0.2) is 42.5 Å². The van der Waals surface area contributed by atoms with Crippen LogP contribution in [0.1, 0.15) is 38.7 Å². The Morgan fingerprint density at radius 2 is 0.519 bits per heavy atom. The maximum atomic E-state index is 12.5. The Hall–Kier alpha value is -3.76. The number of methoxy groups -OCH3 is 4. The summed E-state index contributed by atoms with van der Waals surface area (Å²) in [4.78, 5) is 50.1. The van der Waals surface area contributed by atoms with Crippen LogP contribution in [0.3, 0.4) is 0 Å². The molecule has 20 heteroatoms. The molecule has 0 radical (unpaired) electrons. The molecule has 0 saturated heterocycles. The van der Waals surface area contributed by atoms with Crippen LogP contribution >= 0.6 is 22.7 Å². The normalized spacial score (nSPS) is 16.8. The van der Waals surface area contributed by atoms with Crippen LogP contribution in [0.5, 0.6) is 23.0 Å². The second-order valence-electron chi connectivity index (χ2n) is 9.87. The van der Waals surface area contributed by atoms with Crippen molar-refractivity contribution >= 4 is 46.6 Å². The van der Waals surface area contributed by atoms with E-state index in [1.165, 1.54) is 28.4 Å². The van der Waals surface area contributed by atoms with Crippen molar-refractivity contribution in [2.75, 3.05) is 134 Å². The van der Waals surface area contributed by atoms with Crippen molar-refractivity contribution in [1.29, 1.82) is 0 Å². The Balaban J connectivity index is 1.61. The Bertz CT molecular complexity index is 1200. The van der Waals surface area contributed by atoms with Crippen LogP contribution in [0.25, 0.3) is 0 Å². The highest BCUT2D eigenvalue weighted by molar-refractivity contribution is 7.17. The van der Waals surface area contributed by atoms with E-state index in [0.29, 0.717) is 0 Å². The molecule has 2 aromatic heterocycles. The van der Waals surface area contributed by atoms with E-state index in [9.17, 15) is 19.2 Å². The van der Waals surface area contributed by atoms with Crippen LogP contribution in [0.2, 0.25) is 0 Å². The van der Waals surface area contributed by atoms with E-state index in [1.54, 1.807) is 0 Å². The summed E-state index contributed by atoms with van der Waals surface area (Å²) in [5.41, 5.74) is 0. The number of fused-ring (bicyclic) bond motifs is 2. The summed E-state index contributed by atoms with van der Waals surface area (Å²) in [7, 11) is 4.85. The van der Waals surface area contributed by atoms with Crippen molar-refractivity contribution in [3.63, 3.8) is 0 Å². The van der Waals surface area contributed by atoms with Gasteiger partial charge in [0, 0.05) is 0 Å². The van der Waals surface area contributed by atoms with Crippen molar-refractivity contribution in [1.82, 2.24) is 0 Å². The molecule has 52 heavy (non-hydrogen) atoms. The number of hydrogen-bond acceptors (Lipinski definition) is 20. The Kier molecular flexibility index (Phi) is 20.1. The first-order valence-corrected chi connectivity index (χ1v) is 17.7. The van der Waals surface area contributed by atoms with E-state index in [0.717, 1.165) is 22.7 Å². The molecule has 3 heterocycles. The lowest BCUT2D eigenvalue weighted by Crippen LogP contribution is -2.16. The second-order valence-corrected chi connectivity index (χ2v) is 11.9. The summed E-state index contributed by atoms with van der Waals surface area (Å²) in [5.74, 6) is -2.70. The monoisotopic (exact) mass is 780 g/mol. The summed E-state index contributed by atoms with van der Waals surface area (Å²) < 4.78 is 76.1. The molecule has 1 aliphatic heterocycles. The largest absolute Gasteiger partial charge is 0.486 e. The zero-order chi connectivity index (χ0) is 37.6. The molecule has 2 aromatic rings. The quantitative estimate of drug-likeness (QED) is 0.323. The van der Waals surface area contributed by atoms with E-state index < -0.39 is 23.9 Å². The zero-order valence-electron chi connectivity index (χ0n) is 29.5. The summed E-state index contributed by atoms with van der Waals surface area (Å²) >= 11 is 1.66. The van der Waals surface area contributed by atoms with Crippen LogP contribution in [-0.4, -0.2) is 158 Å². The minimum Gasteiger partial charge on any atom is -0.486 e. The van der Waals surface area contributed by atoms with Gasteiger partial charge in [-0.2, -0.15) is 0 Å². The highest BCUT2D eigenvalue weighted by Crippen LogP contribution is 2.44. The van der Waals surface area contributed by atoms with E-state index in [2.05, 4.69) is 0 Å². The average molecular weight is 781 g/mol. The van der Waals surface area contributed by atoms with Crippen molar-refractivity contribution in [2.24, 2.45) is 0 Å². The van der Waals surface area contributed by atoms with Gasteiger partial charge in [0.2, 0.25) is 0 Å². The van der Waals surface area contributed by atoms with Crippen LogP contribution in [0.4, 0.5) is 0 Å². The van der Waals surface area contributed by atoms with Crippen molar-refractivity contribution in [3.05, 3.63) is 19.5 Å². The van der Waals surface area contributed by atoms with E-state index >= 15 is 0 Å². The smallest absolute Gasteiger partial charge is 0.352 e. The maximum Gasteiger partial charge on any atom is 0.352 e. The summed E-state index contributed by atoms with van der Waals surface area (Å²) in [6, 6.07) is 0. The SMILES string of the molecule is COC(=O)c1sc(C(=O)OC)c2c1OCCOCCOCCOCCOc1c(C(=O)OC)sc(C(=O)OC)c1OCCOCCOCCOCCO2. The third kappa shape index (κ3) is 13.3. The maximum absolute atomic E-state index is 12.5. The van der Waals surface area contributed by atoms with Crippen LogP contribution in [0, 0.1) is 0 Å². The Morgan fingerprint density at radius 3 is 0.692 bits per heavy atom. The molecule has 0 amide bonds. The van der Waals surface area contributed by atoms with Gasteiger partial charge in [0.05, 0.1) is 108 Å². The van der Waals surface area contributed by atoms with Crippen molar-refractivity contribution in [3.8, 4) is 23.0 Å². The summed E-state index contributed by atoms with van der Waals surface area (Å²) in [6.07, 6.45) is 0. The molecule has 0 aromatic carbocycles. The molecular formula is C32H44O18S2. The fourth-order valence-electron chi connectivity index (χ4n) is 4.13. The number of carbonyl (C=O) groups is 4. The van der Waals surface area contributed by atoms with Gasteiger partial charge in [0.1, 0.15) is 26.4 Å². The predicted octanol–water partition coefficient (Wildman–Crippen LogP) is 2.28. The van der Waals surface area contributed by atoms with E-state index in [-0.39, 0.29) is 148 Å². The minimum atomic E-state index is -0.708. The number of hydrogen-bond donors (Lipinski definition) is 0. The Labute approximate surface area is 308 Å². The molecule has 0 spiro atoms. The molecular weight excluding hydrogens is 736 g/mol. The number of rotatable bonds is 4. The number of esters is 4. The molecule has 0 bridgehead atoms. The third-order valence-electron chi connectivity index (χ3n) is 6.51. The first-order chi connectivity index (χ1) is 25.4. The summed E-state index contributed by atoms with van der Waals surface area (Å²) in [6.45, 7) is 2.61. The zero-order valence-corrected chi connectivity index (χ0v) is 31.1. The minimum absolute atomic E-state index is 0.0219. The first-order valence-electron chi connectivity index (χ1n) is 16.0. The van der Waals surface area contributed by atoms with E-state index in [1.807, 2.05) is 0 Å². The van der Waals surface area contributed by atoms with Gasteiger partial charge in [0.25, 0.3) is 0 Å². The topological polar surface area (TPSA) is 197 Å². The van der Waals surface area contributed by atoms with Crippen molar-refractivity contribution in [2.45, 2.75) is 0 Å². The van der Waals surface area contributed by atoms with Gasteiger partial charge < -0.3 is 66.3 Å². The highest BCUT2D eigenvalue weighted by atomic mass is 32.1. The predicted molar refractivity (Wildman–Crippen MR) is 181 cm³/mol. The molecule has 18 nitrogen and oxygen atoms in total. The molecule has 0 atom stereocenters. The van der Waals surface area contributed by atoms with Gasteiger partial charge in [-0.3, -0.25) is 0 Å². The lowest BCUT2D eigenvalue weighted by atomic mass is 10.3. The average Bonchev–Trinajstić information content (AvgIpc) is 3.71. The second kappa shape index (κ2) is 24.5. The fourth-order valence-corrected chi connectivity index (χ4v) is 6.18. The molecule has 0 saturated carbocycles. The molecule has 0 unspecified atom stereocenters. The van der Waals surface area contributed by atoms with Gasteiger partial charge in [-0.25, -0.2) is 19.2 Å². The molecule has 0 aliphatic carbocycles. The van der Waals surface area contributed by atoms with Gasteiger partial charge >= 0.3 is 23.9 Å². The molecule has 292 valence electrons. The fraction of sp³-hybridized carbons (Fsp3) is 0.625. The number of ether oxygens (including phenoxy) is 14. The first kappa shape index (κ1) is 42.7. The highest BCUT2D eigenvalue weighted by Gasteiger charge is 2.32. The molecule has 1 aliphatic rings. The van der Waals surface area contributed by atoms with Gasteiger partial charge in [-0.15, -0.1) is 22.7 Å². The lowest BCUT2D eigenvalue weighted by Gasteiger charge is -2.13. The van der Waals surface area contributed by atoms with Gasteiger partial charge in [-0.05, 0) is 0 Å². The standard InChI is InChI=1S/C32H44O18S2/c1-37-29(33)25-21-22(26(51-25)30(34)38-2)48-18-14-44-10-6-42-8-12-46-16-20-50-24-23(27(31(35)39-3)52-28(24)32(36)40-4)49-19-15-45-11-7-41-5-9-43-13-17-47-21/h5-20H2,1-4H3. The Morgan fingerprint density at radius 1 is 0.346 bits per heavy atom. The van der Waals surface area contributed by atoms with Crippen LogP contribution < -0.4 is 18.9 Å². The number of thiophene rings is 2. The van der Waals surface area contributed by atoms with Crippen LogP contribution in [0.15, 0.2) is 0 Å². The van der Waals surface area contributed by atoms with Crippen LogP contribution in [-0.2, 0) is 47.4 Å². The molecule has 0 fully saturated rings. The molecule has 0 N–H and O–H groups in total. The lowest BCUT2D eigenvalue weighted by molar-refractivity contribution is 0.00233. The molecule has 3 rings (SSSR count). The van der Waals surface area contributed by atoms with E-state index in [4.69, 9.17) is 66.3 Å². The van der Waals surface area contributed by atoms with Gasteiger partial charge in [-0.1, -0.05) is 0 Å². The number of carbonyl (C=O) groups excluding carboxylic acids is 4. The van der Waals surface area contributed by atoms with Crippen molar-refractivity contribution < 1.29 is 85.5 Å². The summed E-state index contributed by atoms with van der Waals surface area (Å²) in [5, 5.41) is 0.